The Balaban J connectivity index is 0.00000242. The zero-order chi connectivity index (χ0) is 15.3. The lowest BCUT2D eigenvalue weighted by molar-refractivity contribution is 0.358. The molecule has 0 amide bonds. The van der Waals surface area contributed by atoms with Gasteiger partial charge in [0.25, 0.3) is 0 Å². The third kappa shape index (κ3) is 5.12. The van der Waals surface area contributed by atoms with E-state index in [1.807, 2.05) is 6.92 Å². The molecule has 1 unspecified atom stereocenters. The molecule has 2 rings (SSSR count). The Labute approximate surface area is 139 Å². The van der Waals surface area contributed by atoms with Crippen molar-refractivity contribution >= 4 is 22.4 Å². The van der Waals surface area contributed by atoms with Gasteiger partial charge in [-0.15, -0.1) is 12.4 Å². The fourth-order valence-corrected chi connectivity index (χ4v) is 3.80. The average Bonchev–Trinajstić information content (AvgIpc) is 2.48. The number of aryl methyl sites for hydroxylation is 1. The van der Waals surface area contributed by atoms with Crippen LogP contribution in [0, 0.1) is 12.8 Å². The first-order valence-corrected chi connectivity index (χ1v) is 8.86. The number of sulfonamides is 1. The van der Waals surface area contributed by atoms with E-state index in [0.29, 0.717) is 23.1 Å². The van der Waals surface area contributed by atoms with Gasteiger partial charge < -0.3 is 10.1 Å². The number of hydrogen-bond acceptors (Lipinski definition) is 4. The molecule has 0 aliphatic carbocycles. The summed E-state index contributed by atoms with van der Waals surface area (Å²) in [6.45, 7) is 4.39. The normalized spacial score (nSPS) is 18.5. The molecule has 1 fully saturated rings. The van der Waals surface area contributed by atoms with E-state index >= 15 is 0 Å². The molecule has 0 bridgehead atoms. The molecule has 0 saturated carbocycles. The van der Waals surface area contributed by atoms with Gasteiger partial charge in [0.05, 0.1) is 12.0 Å². The van der Waals surface area contributed by atoms with Crippen LogP contribution in [-0.4, -0.2) is 35.2 Å². The van der Waals surface area contributed by atoms with Gasteiger partial charge in [0.2, 0.25) is 10.0 Å². The maximum absolute atomic E-state index is 12.3. The van der Waals surface area contributed by atoms with Crippen LogP contribution in [-0.2, 0) is 10.0 Å². The summed E-state index contributed by atoms with van der Waals surface area (Å²) in [5, 5.41) is 3.34. The second-order valence-corrected chi connectivity index (χ2v) is 7.30. The van der Waals surface area contributed by atoms with E-state index in [9.17, 15) is 8.42 Å². The fourth-order valence-electron chi connectivity index (χ4n) is 2.67. The van der Waals surface area contributed by atoms with Gasteiger partial charge in [-0.3, -0.25) is 0 Å². The van der Waals surface area contributed by atoms with Crippen LogP contribution < -0.4 is 14.8 Å². The highest BCUT2D eigenvalue weighted by atomic mass is 35.5. The quantitative estimate of drug-likeness (QED) is 0.826. The maximum atomic E-state index is 12.3. The van der Waals surface area contributed by atoms with Crippen molar-refractivity contribution in [2.75, 3.05) is 26.7 Å². The number of rotatable bonds is 6. The summed E-state index contributed by atoms with van der Waals surface area (Å²) >= 11 is 0. The molecule has 0 radical (unpaired) electrons. The van der Waals surface area contributed by atoms with Gasteiger partial charge in [-0.1, -0.05) is 0 Å². The van der Waals surface area contributed by atoms with Crippen molar-refractivity contribution in [1.29, 1.82) is 0 Å². The highest BCUT2D eigenvalue weighted by Crippen LogP contribution is 2.21. The van der Waals surface area contributed by atoms with Crippen LogP contribution in [0.25, 0.3) is 0 Å². The molecule has 126 valence electrons. The third-order valence-corrected chi connectivity index (χ3v) is 5.38. The van der Waals surface area contributed by atoms with Gasteiger partial charge in [-0.05, 0) is 69.0 Å². The van der Waals surface area contributed by atoms with Crippen molar-refractivity contribution in [1.82, 2.24) is 10.0 Å². The lowest BCUT2D eigenvalue weighted by Gasteiger charge is -2.22. The predicted octanol–water partition coefficient (Wildman–Crippen LogP) is 2.09. The van der Waals surface area contributed by atoms with Crippen molar-refractivity contribution < 1.29 is 13.2 Å². The van der Waals surface area contributed by atoms with E-state index < -0.39 is 10.0 Å². The van der Waals surface area contributed by atoms with E-state index in [1.165, 1.54) is 12.8 Å². The lowest BCUT2D eigenvalue weighted by Crippen LogP contribution is -2.33. The summed E-state index contributed by atoms with van der Waals surface area (Å²) in [5.41, 5.74) is 0.817. The Kier molecular flexibility index (Phi) is 7.62. The van der Waals surface area contributed by atoms with Gasteiger partial charge in [0, 0.05) is 6.54 Å². The first-order valence-electron chi connectivity index (χ1n) is 7.38. The molecule has 1 aromatic carbocycles. The van der Waals surface area contributed by atoms with Crippen LogP contribution >= 0.6 is 12.4 Å². The van der Waals surface area contributed by atoms with Crippen LogP contribution in [0.15, 0.2) is 23.1 Å². The Morgan fingerprint density at radius 1 is 1.41 bits per heavy atom. The molecule has 1 aliphatic rings. The van der Waals surface area contributed by atoms with Gasteiger partial charge in [0.15, 0.2) is 0 Å². The average molecular weight is 349 g/mol. The first kappa shape index (κ1) is 19.2. The third-order valence-electron chi connectivity index (χ3n) is 3.92. The first-order chi connectivity index (χ1) is 10.0. The van der Waals surface area contributed by atoms with Crippen molar-refractivity contribution in [2.24, 2.45) is 5.92 Å². The van der Waals surface area contributed by atoms with Crippen LogP contribution in [0.2, 0.25) is 0 Å². The smallest absolute Gasteiger partial charge is 0.240 e. The molecule has 2 N–H and O–H groups in total. The second kappa shape index (κ2) is 8.72. The zero-order valence-corrected chi connectivity index (χ0v) is 14.7. The van der Waals surface area contributed by atoms with Gasteiger partial charge in [-0.25, -0.2) is 13.1 Å². The summed E-state index contributed by atoms with van der Waals surface area (Å²) in [4.78, 5) is 0.294. The minimum Gasteiger partial charge on any atom is -0.496 e. The molecule has 1 atom stereocenters. The predicted molar refractivity (Wildman–Crippen MR) is 90.4 cm³/mol. The van der Waals surface area contributed by atoms with Crippen LogP contribution in [0.3, 0.4) is 0 Å². The molecule has 1 heterocycles. The van der Waals surface area contributed by atoms with Crippen LogP contribution in [0.1, 0.15) is 24.8 Å². The summed E-state index contributed by atoms with van der Waals surface area (Å²) in [6, 6.07) is 4.91. The van der Waals surface area contributed by atoms with Gasteiger partial charge in [-0.2, -0.15) is 0 Å². The number of piperidine rings is 1. The molecule has 7 heteroatoms. The Bertz CT molecular complexity index is 572. The van der Waals surface area contributed by atoms with E-state index in [2.05, 4.69) is 10.0 Å². The van der Waals surface area contributed by atoms with Gasteiger partial charge in [0.1, 0.15) is 5.75 Å². The molecule has 5 nitrogen and oxygen atoms in total. The van der Waals surface area contributed by atoms with Crippen LogP contribution in [0.4, 0.5) is 0 Å². The summed E-state index contributed by atoms with van der Waals surface area (Å²) in [5.74, 6) is 1.27. The highest BCUT2D eigenvalue weighted by molar-refractivity contribution is 7.89. The Morgan fingerprint density at radius 3 is 2.77 bits per heavy atom. The topological polar surface area (TPSA) is 67.4 Å². The lowest BCUT2D eigenvalue weighted by atomic mass is 9.96. The second-order valence-electron chi connectivity index (χ2n) is 5.53. The molecule has 1 saturated heterocycles. The van der Waals surface area contributed by atoms with E-state index in [0.717, 1.165) is 25.1 Å². The molecular formula is C15H25ClN2O3S. The number of halogens is 1. The Morgan fingerprint density at radius 2 is 2.18 bits per heavy atom. The van der Waals surface area contributed by atoms with E-state index in [-0.39, 0.29) is 12.4 Å². The van der Waals surface area contributed by atoms with Crippen molar-refractivity contribution in [3.05, 3.63) is 23.8 Å². The standard InChI is InChI=1S/C15H24N2O3S.ClH/c1-12-10-14(5-6-15(12)20-2)21(18,19)17-9-7-13-4-3-8-16-11-13;/h5-6,10,13,16-17H,3-4,7-9,11H2,1-2H3;1H. The highest BCUT2D eigenvalue weighted by Gasteiger charge is 2.17. The van der Waals surface area contributed by atoms with Gasteiger partial charge >= 0.3 is 0 Å². The number of hydrogen-bond donors (Lipinski definition) is 2. The van der Waals surface area contributed by atoms with Crippen LogP contribution in [0.5, 0.6) is 5.75 Å². The van der Waals surface area contributed by atoms with E-state index in [1.54, 1.807) is 25.3 Å². The molecule has 22 heavy (non-hydrogen) atoms. The molecular weight excluding hydrogens is 324 g/mol. The monoisotopic (exact) mass is 348 g/mol. The summed E-state index contributed by atoms with van der Waals surface area (Å²) < 4.78 is 32.4. The number of ether oxygens (including phenoxy) is 1. The van der Waals surface area contributed by atoms with Crippen molar-refractivity contribution in [3.63, 3.8) is 0 Å². The maximum Gasteiger partial charge on any atom is 0.240 e. The molecule has 0 aromatic heterocycles. The fraction of sp³-hybridized carbons (Fsp3) is 0.600. The SMILES string of the molecule is COc1ccc(S(=O)(=O)NCCC2CCCNC2)cc1C.Cl. The molecule has 1 aliphatic heterocycles. The number of benzene rings is 1. The number of nitrogens with one attached hydrogen (secondary N) is 2. The minimum absolute atomic E-state index is 0. The largest absolute Gasteiger partial charge is 0.496 e. The van der Waals surface area contributed by atoms with Crippen molar-refractivity contribution in [3.8, 4) is 5.75 Å². The summed E-state index contributed by atoms with van der Waals surface area (Å²) in [7, 11) is -1.86. The van der Waals surface area contributed by atoms with E-state index in [4.69, 9.17) is 4.74 Å². The minimum atomic E-state index is -3.43. The number of methoxy groups -OCH3 is 1. The molecule has 1 aromatic rings. The zero-order valence-electron chi connectivity index (χ0n) is 13.1. The Hall–Kier alpha value is -0.820. The molecule has 0 spiro atoms. The summed E-state index contributed by atoms with van der Waals surface area (Å²) in [6.07, 6.45) is 3.23. The van der Waals surface area contributed by atoms with Crippen molar-refractivity contribution in [2.45, 2.75) is 31.1 Å².